The molecule has 0 spiro atoms. The molecule has 0 amide bonds. The predicted octanol–water partition coefficient (Wildman–Crippen LogP) is 17.1. The minimum Gasteiger partial charge on any atom is -0.310 e. The number of fused-ring (bicyclic) bond motifs is 11. The van der Waals surface area contributed by atoms with Gasteiger partial charge in [-0.1, -0.05) is 83.9 Å². The van der Waals surface area contributed by atoms with Crippen molar-refractivity contribution in [3.63, 3.8) is 0 Å². The zero-order valence-corrected chi connectivity index (χ0v) is 35.7. The molecule has 4 heteroatoms. The summed E-state index contributed by atoms with van der Waals surface area (Å²) in [7, 11) is 0. The van der Waals surface area contributed by atoms with Gasteiger partial charge in [-0.25, -0.2) is 0 Å². The molecule has 12 aromatic rings. The van der Waals surface area contributed by atoms with Crippen molar-refractivity contribution >= 4 is 115 Å². The molecule has 12 rings (SSSR count). The Balaban J connectivity index is 1.05. The van der Waals surface area contributed by atoms with Gasteiger partial charge >= 0.3 is 0 Å². The fourth-order valence-electron chi connectivity index (χ4n) is 10.1. The van der Waals surface area contributed by atoms with E-state index in [2.05, 4.69) is 157 Å². The number of aryl methyl sites for hydroxylation is 6. The molecule has 0 atom stereocenters. The summed E-state index contributed by atoms with van der Waals surface area (Å²) in [5.41, 5.74) is 14.4. The fourth-order valence-corrected chi connectivity index (χ4v) is 11.3. The summed E-state index contributed by atoms with van der Waals surface area (Å²) in [6.07, 6.45) is 0. The molecule has 0 aliphatic heterocycles. The van der Waals surface area contributed by atoms with Gasteiger partial charge in [0, 0.05) is 84.1 Å². The van der Waals surface area contributed by atoms with E-state index >= 15 is 0 Å². The molecule has 0 saturated heterocycles. The predicted molar refractivity (Wildman–Crippen MR) is 269 cm³/mol. The molecule has 298 valence electrons. The highest BCUT2D eigenvalue weighted by Gasteiger charge is 2.22. The lowest BCUT2D eigenvalue weighted by Gasteiger charge is -2.26. The van der Waals surface area contributed by atoms with E-state index in [-0.39, 0.29) is 0 Å². The van der Waals surface area contributed by atoms with E-state index in [1.54, 1.807) is 35.6 Å². The summed E-state index contributed by atoms with van der Waals surface area (Å²) in [6.45, 7) is 4.05. The second-order valence-corrected chi connectivity index (χ2v) is 18.1. The van der Waals surface area contributed by atoms with Crippen LogP contribution in [0.2, 0.25) is 0 Å². The second-order valence-electron chi connectivity index (χ2n) is 17.0. The van der Waals surface area contributed by atoms with Crippen molar-refractivity contribution in [3.8, 4) is 0 Å². The van der Waals surface area contributed by atoms with Crippen LogP contribution >= 0.6 is 11.3 Å². The van der Waals surface area contributed by atoms with Crippen LogP contribution in [-0.4, -0.2) is 4.40 Å². The molecule has 3 aromatic heterocycles. The number of rotatable bonds is 6. The molecule has 62 heavy (non-hydrogen) atoms. The number of hydrogen-bond acceptors (Lipinski definition) is 3. The molecular weight excluding hydrogens is 771 g/mol. The molecule has 0 radical (unpaired) electrons. The molecule has 3 nitrogen and oxygen atoms in total. The quantitative estimate of drug-likeness (QED) is 0.165. The topological polar surface area (TPSA) is 10.9 Å². The van der Waals surface area contributed by atoms with Gasteiger partial charge in [-0.05, 0) is 165 Å². The summed E-state index contributed by atoms with van der Waals surface area (Å²) in [5, 5.41) is 9.56. The molecule has 0 unspecified atom stereocenters. The van der Waals surface area contributed by atoms with Crippen molar-refractivity contribution in [2.45, 2.75) is 41.4 Å². The van der Waals surface area contributed by atoms with Crippen LogP contribution in [0.1, 0.15) is 41.6 Å². The maximum atomic E-state index is 8.03. The zero-order chi connectivity index (χ0) is 47.0. The zero-order valence-electron chi connectivity index (χ0n) is 40.8. The van der Waals surface area contributed by atoms with E-state index in [1.807, 2.05) is 24.3 Å². The monoisotopic (exact) mass is 821 g/mol. The molecule has 0 N–H and O–H groups in total. The maximum Gasteiger partial charge on any atom is 0.0620 e. The molecule has 9 aromatic carbocycles. The SMILES string of the molecule is [2H]C([2H])([2H])c1ccc(N(c2cc(C)cc(C)c2)c2ccc3c(c2)sc2ccc4cc5c6cccc7c8ccc(N(c9ccc(C([2H])([2H])[2H])cc9)c9cc(C)cc(C)c9)cc8n(c5cc4c23)c76)cc1. The Kier molecular flexibility index (Phi) is 6.80. The van der Waals surface area contributed by atoms with Crippen LogP contribution in [0.5, 0.6) is 0 Å². The summed E-state index contributed by atoms with van der Waals surface area (Å²) >= 11 is 1.79. The van der Waals surface area contributed by atoms with Crippen LogP contribution in [0.3, 0.4) is 0 Å². The van der Waals surface area contributed by atoms with Crippen LogP contribution in [0, 0.1) is 41.4 Å². The highest BCUT2D eigenvalue weighted by molar-refractivity contribution is 7.26. The lowest BCUT2D eigenvalue weighted by molar-refractivity contribution is 1.25. The van der Waals surface area contributed by atoms with Crippen molar-refractivity contribution in [3.05, 3.63) is 197 Å². The highest BCUT2D eigenvalue weighted by atomic mass is 32.1. The molecule has 0 bridgehead atoms. The van der Waals surface area contributed by atoms with Gasteiger partial charge in [0.25, 0.3) is 0 Å². The van der Waals surface area contributed by atoms with Gasteiger partial charge < -0.3 is 14.2 Å². The van der Waals surface area contributed by atoms with E-state index in [0.717, 1.165) is 67.4 Å². The lowest BCUT2D eigenvalue weighted by Crippen LogP contribution is -2.10. The molecule has 0 aliphatic carbocycles. The van der Waals surface area contributed by atoms with Gasteiger partial charge in [-0.3, -0.25) is 0 Å². The van der Waals surface area contributed by atoms with Crippen LogP contribution < -0.4 is 9.80 Å². The maximum absolute atomic E-state index is 8.03. The average molecular weight is 822 g/mol. The number of anilines is 6. The average Bonchev–Trinajstić information content (AvgIpc) is 3.94. The first-order valence-corrected chi connectivity index (χ1v) is 21.9. The number of aromatic nitrogens is 1. The smallest absolute Gasteiger partial charge is 0.0620 e. The Labute approximate surface area is 374 Å². The summed E-state index contributed by atoms with van der Waals surface area (Å²) in [5.74, 6) is 0. The Hall–Kier alpha value is -7.14. The number of hydrogen-bond donors (Lipinski definition) is 0. The fraction of sp³-hybridized carbons (Fsp3) is 0.103. The Morgan fingerprint density at radius 3 is 1.52 bits per heavy atom. The third kappa shape index (κ3) is 5.70. The van der Waals surface area contributed by atoms with E-state index < -0.39 is 13.7 Å². The van der Waals surface area contributed by atoms with E-state index in [4.69, 9.17) is 8.22 Å². The van der Waals surface area contributed by atoms with Crippen LogP contribution in [0.15, 0.2) is 164 Å². The normalized spacial score (nSPS) is 13.9. The first-order valence-electron chi connectivity index (χ1n) is 24.1. The van der Waals surface area contributed by atoms with Gasteiger partial charge in [0.1, 0.15) is 0 Å². The molecule has 3 heterocycles. The number of nitrogens with zero attached hydrogens (tertiary/aromatic N) is 3. The van der Waals surface area contributed by atoms with E-state index in [0.29, 0.717) is 11.1 Å². The number of benzene rings is 9. The van der Waals surface area contributed by atoms with Crippen molar-refractivity contribution in [1.29, 1.82) is 0 Å². The van der Waals surface area contributed by atoms with Gasteiger partial charge in [0.2, 0.25) is 0 Å². The Bertz CT molecular complexity index is 3950. The first kappa shape index (κ1) is 30.8. The lowest BCUT2D eigenvalue weighted by atomic mass is 10.00. The van der Waals surface area contributed by atoms with Crippen molar-refractivity contribution in [1.82, 2.24) is 4.40 Å². The minimum absolute atomic E-state index is 0.312. The molecule has 0 fully saturated rings. The van der Waals surface area contributed by atoms with Crippen LogP contribution in [-0.2, 0) is 0 Å². The standard InChI is InChI=1S/C58H45N3S/c1-34-10-15-41(16-11-34)59(45-26-36(3)24-37(4)27-45)43-19-21-47-48-8-7-9-49-52-30-40-14-23-55-57(51(40)33-54(52)61(58(48)49)53(47)31-43)50-22-20-44(32-56(50)62-55)60(42-17-12-35(2)13-18-42)46-28-38(5)25-39(6)29-46/h7-33H,1-6H3/i1D3,2D3. The Morgan fingerprint density at radius 2 is 0.919 bits per heavy atom. The van der Waals surface area contributed by atoms with Gasteiger partial charge in [-0.15, -0.1) is 11.3 Å². The van der Waals surface area contributed by atoms with Gasteiger partial charge in [0.05, 0.1) is 16.6 Å². The third-order valence-electron chi connectivity index (χ3n) is 12.6. The first-order chi connectivity index (χ1) is 32.6. The minimum atomic E-state index is -2.20. The van der Waals surface area contributed by atoms with E-state index in [9.17, 15) is 0 Å². The van der Waals surface area contributed by atoms with Crippen molar-refractivity contribution in [2.75, 3.05) is 9.80 Å². The number of para-hydroxylation sites is 1. The van der Waals surface area contributed by atoms with Gasteiger partial charge in [0.15, 0.2) is 0 Å². The third-order valence-corrected chi connectivity index (χ3v) is 13.7. The second kappa shape index (κ2) is 13.7. The molecular formula is C58H45N3S. The molecule has 0 aliphatic rings. The Morgan fingerprint density at radius 1 is 0.387 bits per heavy atom. The van der Waals surface area contributed by atoms with Gasteiger partial charge in [-0.2, -0.15) is 0 Å². The summed E-state index contributed by atoms with van der Waals surface area (Å²) in [6, 6.07) is 56.9. The van der Waals surface area contributed by atoms with E-state index in [1.165, 1.54) is 58.0 Å². The number of thiophene rings is 1. The molecule has 0 saturated carbocycles. The van der Waals surface area contributed by atoms with Crippen molar-refractivity contribution in [2.24, 2.45) is 0 Å². The van der Waals surface area contributed by atoms with Crippen molar-refractivity contribution < 1.29 is 8.22 Å². The highest BCUT2D eigenvalue weighted by Crippen LogP contribution is 2.47. The van der Waals surface area contributed by atoms with Crippen LogP contribution in [0.25, 0.3) is 69.0 Å². The largest absolute Gasteiger partial charge is 0.310 e. The summed E-state index contributed by atoms with van der Waals surface area (Å²) < 4.78 is 52.9. The summed E-state index contributed by atoms with van der Waals surface area (Å²) in [4.78, 5) is 4.45. The van der Waals surface area contributed by atoms with Crippen LogP contribution in [0.4, 0.5) is 34.1 Å².